The molecule has 0 spiro atoms. The Balaban J connectivity index is 0.00000312. The number of rotatable bonds is 6. The van der Waals surface area contributed by atoms with E-state index in [-0.39, 0.29) is 30.4 Å². The largest absolute Gasteiger partial charge is 0.342 e. The van der Waals surface area contributed by atoms with Crippen molar-refractivity contribution in [1.82, 2.24) is 10.2 Å². The van der Waals surface area contributed by atoms with Crippen LogP contribution in [0.25, 0.3) is 0 Å². The smallest absolute Gasteiger partial charge is 0.321 e. The van der Waals surface area contributed by atoms with E-state index in [0.29, 0.717) is 31.1 Å². The number of hydrogen-bond acceptors (Lipinski definition) is 3. The molecule has 1 saturated heterocycles. The summed E-state index contributed by atoms with van der Waals surface area (Å²) in [5.74, 6) is 0.347. The molecule has 2 rings (SSSR count). The zero-order chi connectivity index (χ0) is 17.7. The van der Waals surface area contributed by atoms with Crippen molar-refractivity contribution in [2.75, 3.05) is 31.6 Å². The zero-order valence-corrected chi connectivity index (χ0v) is 16.0. The summed E-state index contributed by atoms with van der Waals surface area (Å²) < 4.78 is 0. The molecule has 6 nitrogen and oxygen atoms in total. The lowest BCUT2D eigenvalue weighted by Crippen LogP contribution is -2.46. The molecule has 1 aliphatic rings. The molecule has 1 aromatic carbocycles. The van der Waals surface area contributed by atoms with E-state index < -0.39 is 0 Å². The molecule has 0 bridgehead atoms. The van der Waals surface area contributed by atoms with E-state index in [1.807, 2.05) is 12.1 Å². The maximum atomic E-state index is 12.6. The third kappa shape index (κ3) is 5.61. The van der Waals surface area contributed by atoms with E-state index in [0.717, 1.165) is 18.5 Å². The van der Waals surface area contributed by atoms with Gasteiger partial charge in [-0.3, -0.25) is 9.69 Å². The summed E-state index contributed by atoms with van der Waals surface area (Å²) in [6.07, 6.45) is 1.67. The van der Waals surface area contributed by atoms with Crippen LogP contribution in [0.2, 0.25) is 0 Å². The van der Waals surface area contributed by atoms with Gasteiger partial charge in [0.1, 0.15) is 0 Å². The second kappa shape index (κ2) is 9.63. The summed E-state index contributed by atoms with van der Waals surface area (Å²) in [6.45, 7) is 6.15. The second-order valence-corrected chi connectivity index (χ2v) is 6.71. The highest BCUT2D eigenvalue weighted by atomic mass is 35.5. The molecule has 7 heteroatoms. The first-order valence-electron chi connectivity index (χ1n) is 8.56. The number of nitrogens with zero attached hydrogens (tertiary/aromatic N) is 2. The maximum Gasteiger partial charge on any atom is 0.321 e. The van der Waals surface area contributed by atoms with Gasteiger partial charge in [-0.1, -0.05) is 19.9 Å². The lowest BCUT2D eigenvalue weighted by Gasteiger charge is -2.28. The van der Waals surface area contributed by atoms with Crippen molar-refractivity contribution in [3.63, 3.8) is 0 Å². The number of nitrogens with two attached hydrogens (primary N) is 1. The minimum absolute atomic E-state index is 0. The number of benzene rings is 1. The molecular weight excluding hydrogens is 340 g/mol. The third-order valence-corrected chi connectivity index (χ3v) is 4.49. The molecule has 1 aliphatic heterocycles. The number of carbonyl (C=O) groups excluding carboxylic acids is 2. The molecule has 0 radical (unpaired) electrons. The van der Waals surface area contributed by atoms with Crippen LogP contribution in [0.3, 0.4) is 0 Å². The summed E-state index contributed by atoms with van der Waals surface area (Å²) in [7, 11) is 1.79. The van der Waals surface area contributed by atoms with Gasteiger partial charge in [-0.25, -0.2) is 4.79 Å². The predicted molar refractivity (Wildman–Crippen MR) is 103 cm³/mol. The Labute approximate surface area is 156 Å². The van der Waals surface area contributed by atoms with E-state index in [1.165, 1.54) is 0 Å². The average molecular weight is 369 g/mol. The van der Waals surface area contributed by atoms with Gasteiger partial charge in [0.25, 0.3) is 5.91 Å². The number of urea groups is 1. The number of hydrogen-bond donors (Lipinski definition) is 2. The van der Waals surface area contributed by atoms with Crippen LogP contribution in [-0.2, 0) is 0 Å². The first-order chi connectivity index (χ1) is 11.4. The SMILES string of the molecule is CC(C)C(N)CCN(C)C(=O)c1cccc(N2CCCNC2=O)c1.Cl. The maximum absolute atomic E-state index is 12.6. The average Bonchev–Trinajstić information content (AvgIpc) is 2.59. The molecule has 1 fully saturated rings. The fourth-order valence-corrected chi connectivity index (χ4v) is 2.68. The van der Waals surface area contributed by atoms with E-state index in [4.69, 9.17) is 5.73 Å². The minimum atomic E-state index is -0.109. The van der Waals surface area contributed by atoms with Crippen molar-refractivity contribution >= 4 is 30.0 Å². The van der Waals surface area contributed by atoms with Crippen LogP contribution in [-0.4, -0.2) is 49.6 Å². The van der Waals surface area contributed by atoms with Crippen LogP contribution in [0.1, 0.15) is 37.0 Å². The standard InChI is InChI=1S/C18H28N4O2.ClH/c1-13(2)16(19)8-11-21(3)17(23)14-6-4-7-15(12-14)22-10-5-9-20-18(22)24;/h4,6-7,12-13,16H,5,8-11,19H2,1-3H3,(H,20,24);1H. The van der Waals surface area contributed by atoms with Gasteiger partial charge >= 0.3 is 6.03 Å². The summed E-state index contributed by atoms with van der Waals surface area (Å²) >= 11 is 0. The van der Waals surface area contributed by atoms with E-state index in [2.05, 4.69) is 19.2 Å². The predicted octanol–water partition coefficient (Wildman–Crippen LogP) is 2.47. The van der Waals surface area contributed by atoms with Gasteiger partial charge in [0.2, 0.25) is 0 Å². The van der Waals surface area contributed by atoms with Crippen LogP contribution in [0.15, 0.2) is 24.3 Å². The fraction of sp³-hybridized carbons (Fsp3) is 0.556. The Bertz CT molecular complexity index is 594. The Kier molecular flexibility index (Phi) is 8.19. The molecule has 0 saturated carbocycles. The molecule has 3 amide bonds. The molecular formula is C18H29ClN4O2. The van der Waals surface area contributed by atoms with Crippen LogP contribution >= 0.6 is 12.4 Å². The molecule has 1 heterocycles. The van der Waals surface area contributed by atoms with E-state index in [9.17, 15) is 9.59 Å². The highest BCUT2D eigenvalue weighted by Crippen LogP contribution is 2.19. The van der Waals surface area contributed by atoms with E-state index in [1.54, 1.807) is 29.0 Å². The van der Waals surface area contributed by atoms with Crippen LogP contribution in [0.5, 0.6) is 0 Å². The highest BCUT2D eigenvalue weighted by molar-refractivity contribution is 5.97. The second-order valence-electron chi connectivity index (χ2n) is 6.71. The van der Waals surface area contributed by atoms with Gasteiger partial charge in [-0.2, -0.15) is 0 Å². The molecule has 1 atom stereocenters. The highest BCUT2D eigenvalue weighted by Gasteiger charge is 2.21. The number of carbonyl (C=O) groups is 2. The molecule has 1 unspecified atom stereocenters. The summed E-state index contributed by atoms with van der Waals surface area (Å²) in [5.41, 5.74) is 7.40. The monoisotopic (exact) mass is 368 g/mol. The number of amides is 3. The quantitative estimate of drug-likeness (QED) is 0.809. The first-order valence-corrected chi connectivity index (χ1v) is 8.56. The van der Waals surface area contributed by atoms with Gasteiger partial charge in [0.05, 0.1) is 0 Å². The minimum Gasteiger partial charge on any atom is -0.342 e. The Hall–Kier alpha value is -1.79. The Morgan fingerprint density at radius 2 is 2.12 bits per heavy atom. The fourth-order valence-electron chi connectivity index (χ4n) is 2.68. The molecule has 1 aromatic rings. The van der Waals surface area contributed by atoms with Crippen LogP contribution in [0, 0.1) is 5.92 Å². The van der Waals surface area contributed by atoms with Crippen molar-refractivity contribution in [2.24, 2.45) is 11.7 Å². The van der Waals surface area contributed by atoms with Gasteiger partial charge < -0.3 is 16.0 Å². The Morgan fingerprint density at radius 1 is 1.40 bits per heavy atom. The molecule has 0 aromatic heterocycles. The van der Waals surface area contributed by atoms with Gasteiger partial charge in [-0.05, 0) is 37.0 Å². The number of anilines is 1. The van der Waals surface area contributed by atoms with Crippen molar-refractivity contribution < 1.29 is 9.59 Å². The normalized spacial score (nSPS) is 15.4. The topological polar surface area (TPSA) is 78.7 Å². The molecule has 0 aliphatic carbocycles. The van der Waals surface area contributed by atoms with Crippen LogP contribution < -0.4 is 16.0 Å². The van der Waals surface area contributed by atoms with Gasteiger partial charge in [0.15, 0.2) is 0 Å². The number of nitrogens with one attached hydrogen (secondary N) is 1. The first kappa shape index (κ1) is 21.3. The lowest BCUT2D eigenvalue weighted by atomic mass is 10.0. The molecule has 3 N–H and O–H groups in total. The van der Waals surface area contributed by atoms with Crippen LogP contribution in [0.4, 0.5) is 10.5 Å². The lowest BCUT2D eigenvalue weighted by molar-refractivity contribution is 0.0789. The van der Waals surface area contributed by atoms with Crippen molar-refractivity contribution in [3.8, 4) is 0 Å². The summed E-state index contributed by atoms with van der Waals surface area (Å²) in [6, 6.07) is 7.22. The summed E-state index contributed by atoms with van der Waals surface area (Å²) in [4.78, 5) is 27.9. The van der Waals surface area contributed by atoms with Crippen molar-refractivity contribution in [2.45, 2.75) is 32.7 Å². The summed E-state index contributed by atoms with van der Waals surface area (Å²) in [5, 5.41) is 2.82. The molecule has 25 heavy (non-hydrogen) atoms. The molecule has 140 valence electrons. The van der Waals surface area contributed by atoms with E-state index >= 15 is 0 Å². The van der Waals surface area contributed by atoms with Gasteiger partial charge in [0, 0.05) is 44.0 Å². The van der Waals surface area contributed by atoms with Crippen molar-refractivity contribution in [1.29, 1.82) is 0 Å². The van der Waals surface area contributed by atoms with Crippen molar-refractivity contribution in [3.05, 3.63) is 29.8 Å². The Morgan fingerprint density at radius 3 is 2.76 bits per heavy atom. The third-order valence-electron chi connectivity index (χ3n) is 4.49. The zero-order valence-electron chi connectivity index (χ0n) is 15.2. The van der Waals surface area contributed by atoms with Gasteiger partial charge in [-0.15, -0.1) is 12.4 Å². The number of halogens is 1.